The standard InChI is InChI=1S/C15H13F6N3O2/c1-2-25-10-5-3-9(4-6-10)23-13-22-7-11(15(19,20)21)12(24-13)26-8-14(16,17)18/h3-7H,2,8H2,1H3,(H,22,23,24). The van der Waals surface area contributed by atoms with Crippen LogP contribution in [0.3, 0.4) is 0 Å². The van der Waals surface area contributed by atoms with Crippen molar-refractivity contribution in [1.82, 2.24) is 9.97 Å². The molecule has 1 heterocycles. The third-order valence-electron chi connectivity index (χ3n) is 2.85. The first-order chi connectivity index (χ1) is 12.1. The lowest BCUT2D eigenvalue weighted by molar-refractivity contribution is -0.159. The van der Waals surface area contributed by atoms with Crippen LogP contribution in [0.2, 0.25) is 0 Å². The van der Waals surface area contributed by atoms with E-state index < -0.39 is 30.4 Å². The van der Waals surface area contributed by atoms with Gasteiger partial charge in [-0.15, -0.1) is 0 Å². The minimum Gasteiger partial charge on any atom is -0.494 e. The second kappa shape index (κ2) is 7.67. The number of nitrogens with one attached hydrogen (secondary N) is 1. The predicted molar refractivity (Wildman–Crippen MR) is 79.5 cm³/mol. The Morgan fingerprint density at radius 1 is 1.00 bits per heavy atom. The first-order valence-corrected chi connectivity index (χ1v) is 7.22. The number of hydrogen-bond acceptors (Lipinski definition) is 5. The molecule has 0 saturated carbocycles. The highest BCUT2D eigenvalue weighted by Gasteiger charge is 2.38. The van der Waals surface area contributed by atoms with Crippen LogP contribution in [-0.4, -0.2) is 29.4 Å². The molecule has 142 valence electrons. The highest BCUT2D eigenvalue weighted by Crippen LogP contribution is 2.36. The van der Waals surface area contributed by atoms with Crippen molar-refractivity contribution in [3.63, 3.8) is 0 Å². The first kappa shape index (κ1) is 19.6. The number of alkyl halides is 6. The highest BCUT2D eigenvalue weighted by molar-refractivity contribution is 5.55. The summed E-state index contributed by atoms with van der Waals surface area (Å²) >= 11 is 0. The molecule has 0 aliphatic heterocycles. The fourth-order valence-corrected chi connectivity index (χ4v) is 1.81. The van der Waals surface area contributed by atoms with Crippen LogP contribution in [0.1, 0.15) is 12.5 Å². The van der Waals surface area contributed by atoms with E-state index in [0.29, 0.717) is 24.2 Å². The van der Waals surface area contributed by atoms with Gasteiger partial charge in [0.15, 0.2) is 6.61 Å². The molecule has 0 unspecified atom stereocenters. The second-order valence-electron chi connectivity index (χ2n) is 4.90. The Hall–Kier alpha value is -2.72. The maximum Gasteiger partial charge on any atom is 0.423 e. The number of aromatic nitrogens is 2. The van der Waals surface area contributed by atoms with Crippen molar-refractivity contribution >= 4 is 11.6 Å². The molecule has 1 aromatic carbocycles. The van der Waals surface area contributed by atoms with Gasteiger partial charge in [0.1, 0.15) is 11.3 Å². The zero-order valence-electron chi connectivity index (χ0n) is 13.3. The van der Waals surface area contributed by atoms with Crippen molar-refractivity contribution in [2.24, 2.45) is 0 Å². The molecule has 0 atom stereocenters. The molecule has 0 bridgehead atoms. The van der Waals surface area contributed by atoms with Crippen LogP contribution in [0.4, 0.5) is 38.0 Å². The molecule has 0 saturated heterocycles. The maximum absolute atomic E-state index is 12.9. The molecule has 2 aromatic rings. The molecular formula is C15H13F6N3O2. The van der Waals surface area contributed by atoms with Crippen LogP contribution in [0.15, 0.2) is 30.5 Å². The van der Waals surface area contributed by atoms with Gasteiger partial charge < -0.3 is 14.8 Å². The Labute approximate surface area is 144 Å². The number of rotatable bonds is 6. The van der Waals surface area contributed by atoms with Crippen molar-refractivity contribution in [3.8, 4) is 11.6 Å². The van der Waals surface area contributed by atoms with Gasteiger partial charge in [0.05, 0.1) is 6.61 Å². The molecule has 0 spiro atoms. The molecule has 0 fully saturated rings. The Morgan fingerprint density at radius 3 is 2.19 bits per heavy atom. The monoisotopic (exact) mass is 381 g/mol. The number of benzene rings is 1. The van der Waals surface area contributed by atoms with Gasteiger partial charge in [-0.3, -0.25) is 0 Å². The van der Waals surface area contributed by atoms with Crippen LogP contribution < -0.4 is 14.8 Å². The molecule has 0 radical (unpaired) electrons. The van der Waals surface area contributed by atoms with E-state index in [1.165, 1.54) is 0 Å². The van der Waals surface area contributed by atoms with Gasteiger partial charge in [-0.05, 0) is 31.2 Å². The fourth-order valence-electron chi connectivity index (χ4n) is 1.81. The van der Waals surface area contributed by atoms with Gasteiger partial charge in [-0.2, -0.15) is 31.3 Å². The van der Waals surface area contributed by atoms with Crippen molar-refractivity contribution < 1.29 is 35.8 Å². The number of ether oxygens (including phenoxy) is 2. The van der Waals surface area contributed by atoms with E-state index in [-0.39, 0.29) is 5.95 Å². The van der Waals surface area contributed by atoms with E-state index in [9.17, 15) is 26.3 Å². The summed E-state index contributed by atoms with van der Waals surface area (Å²) < 4.78 is 84.8. The fraction of sp³-hybridized carbons (Fsp3) is 0.333. The predicted octanol–water partition coefficient (Wildman–Crippen LogP) is 4.58. The molecule has 1 aromatic heterocycles. The van der Waals surface area contributed by atoms with Crippen molar-refractivity contribution in [2.45, 2.75) is 19.3 Å². The summed E-state index contributed by atoms with van der Waals surface area (Å²) in [5.74, 6) is -0.988. The smallest absolute Gasteiger partial charge is 0.423 e. The normalized spacial score (nSPS) is 12.0. The van der Waals surface area contributed by atoms with E-state index in [2.05, 4.69) is 20.0 Å². The van der Waals surface area contributed by atoms with Crippen molar-refractivity contribution in [2.75, 3.05) is 18.5 Å². The third-order valence-corrected chi connectivity index (χ3v) is 2.85. The zero-order valence-corrected chi connectivity index (χ0v) is 13.3. The zero-order chi connectivity index (χ0) is 19.4. The molecule has 0 aliphatic carbocycles. The van der Waals surface area contributed by atoms with E-state index in [1.54, 1.807) is 31.2 Å². The molecule has 26 heavy (non-hydrogen) atoms. The van der Waals surface area contributed by atoms with E-state index >= 15 is 0 Å². The lowest BCUT2D eigenvalue weighted by Crippen LogP contribution is -2.22. The lowest BCUT2D eigenvalue weighted by atomic mass is 10.3. The average Bonchev–Trinajstić information content (AvgIpc) is 2.53. The van der Waals surface area contributed by atoms with E-state index in [4.69, 9.17) is 4.74 Å². The summed E-state index contributed by atoms with van der Waals surface area (Å²) in [5.41, 5.74) is -1.10. The van der Waals surface area contributed by atoms with E-state index in [1.807, 2.05) is 0 Å². The van der Waals surface area contributed by atoms with Crippen molar-refractivity contribution in [3.05, 3.63) is 36.0 Å². The first-order valence-electron chi connectivity index (χ1n) is 7.22. The summed E-state index contributed by atoms with van der Waals surface area (Å²) in [6.45, 7) is 0.342. The minimum atomic E-state index is -4.96. The molecule has 5 nitrogen and oxygen atoms in total. The van der Waals surface area contributed by atoms with Gasteiger partial charge in [0, 0.05) is 11.9 Å². The summed E-state index contributed by atoms with van der Waals surface area (Å²) in [6.07, 6.45) is -9.41. The number of hydrogen-bond donors (Lipinski definition) is 1. The summed E-state index contributed by atoms with van der Waals surface area (Å²) in [4.78, 5) is 6.87. The van der Waals surface area contributed by atoms with Crippen LogP contribution in [0, 0.1) is 0 Å². The van der Waals surface area contributed by atoms with E-state index in [0.717, 1.165) is 0 Å². The van der Waals surface area contributed by atoms with Gasteiger partial charge in [-0.1, -0.05) is 0 Å². The van der Waals surface area contributed by atoms with Crippen LogP contribution in [0.25, 0.3) is 0 Å². The molecule has 0 aliphatic rings. The largest absolute Gasteiger partial charge is 0.494 e. The number of nitrogens with zero attached hydrogens (tertiary/aromatic N) is 2. The maximum atomic E-state index is 12.9. The molecule has 1 N–H and O–H groups in total. The minimum absolute atomic E-state index is 0.348. The van der Waals surface area contributed by atoms with Crippen LogP contribution in [0.5, 0.6) is 11.6 Å². The SMILES string of the molecule is CCOc1ccc(Nc2ncc(C(F)(F)F)c(OCC(F)(F)F)n2)cc1. The quantitative estimate of drug-likeness (QED) is 0.743. The lowest BCUT2D eigenvalue weighted by Gasteiger charge is -2.15. The average molecular weight is 381 g/mol. The third kappa shape index (κ3) is 5.67. The van der Waals surface area contributed by atoms with Gasteiger partial charge >= 0.3 is 12.4 Å². The second-order valence-corrected chi connectivity index (χ2v) is 4.90. The topological polar surface area (TPSA) is 56.3 Å². The van der Waals surface area contributed by atoms with Crippen LogP contribution >= 0.6 is 0 Å². The molecule has 11 heteroatoms. The van der Waals surface area contributed by atoms with Crippen LogP contribution in [-0.2, 0) is 6.18 Å². The Kier molecular flexibility index (Phi) is 5.78. The Bertz CT molecular complexity index is 732. The summed E-state index contributed by atoms with van der Waals surface area (Å²) in [7, 11) is 0. The molecule has 2 rings (SSSR count). The number of halogens is 6. The number of anilines is 2. The Balaban J connectivity index is 2.23. The summed E-state index contributed by atoms with van der Waals surface area (Å²) in [6, 6.07) is 6.28. The van der Waals surface area contributed by atoms with Gasteiger partial charge in [0.25, 0.3) is 0 Å². The molecular weight excluding hydrogens is 368 g/mol. The summed E-state index contributed by atoms with van der Waals surface area (Å²) in [5, 5.41) is 2.58. The Morgan fingerprint density at radius 2 is 1.65 bits per heavy atom. The molecule has 0 amide bonds. The van der Waals surface area contributed by atoms with Crippen molar-refractivity contribution in [1.29, 1.82) is 0 Å². The van der Waals surface area contributed by atoms with Gasteiger partial charge in [0.2, 0.25) is 11.8 Å². The van der Waals surface area contributed by atoms with Gasteiger partial charge in [-0.25, -0.2) is 4.98 Å². The highest BCUT2D eigenvalue weighted by atomic mass is 19.4.